The van der Waals surface area contributed by atoms with E-state index in [1.54, 1.807) is 18.3 Å². The zero-order valence-corrected chi connectivity index (χ0v) is 7.86. The lowest BCUT2D eigenvalue weighted by molar-refractivity contribution is 0.106. The van der Waals surface area contributed by atoms with Crippen LogP contribution in [0.3, 0.4) is 0 Å². The fourth-order valence-electron chi connectivity index (χ4n) is 1.08. The van der Waals surface area contributed by atoms with Crippen LogP contribution in [0.2, 0.25) is 0 Å². The maximum absolute atomic E-state index is 8.66. The molecule has 1 rings (SSSR count). The number of hydrogen-bond donors (Lipinski definition) is 0. The van der Waals surface area contributed by atoms with Crippen molar-refractivity contribution in [2.24, 2.45) is 0 Å². The highest BCUT2D eigenvalue weighted by Gasteiger charge is 1.98. The van der Waals surface area contributed by atoms with Crippen LogP contribution in [0.15, 0.2) is 18.3 Å². The summed E-state index contributed by atoms with van der Waals surface area (Å²) in [5.74, 6) is 0. The van der Waals surface area contributed by atoms with Gasteiger partial charge in [0.15, 0.2) is 5.69 Å². The van der Waals surface area contributed by atoms with Crippen molar-refractivity contribution >= 4 is 0 Å². The molecule has 0 aromatic carbocycles. The van der Waals surface area contributed by atoms with E-state index in [9.17, 15) is 0 Å². The molecule has 0 N–H and O–H groups in total. The van der Waals surface area contributed by atoms with Crippen LogP contribution >= 0.6 is 0 Å². The Morgan fingerprint density at radius 3 is 3.08 bits per heavy atom. The number of aromatic nitrogens is 1. The van der Waals surface area contributed by atoms with Gasteiger partial charge in [0, 0.05) is 6.20 Å². The molecule has 0 bridgehead atoms. The molecular formula is C10H14N2O. The summed E-state index contributed by atoms with van der Waals surface area (Å²) in [6.07, 6.45) is 5.15. The number of hydrogen-bond acceptors (Lipinski definition) is 2. The van der Waals surface area contributed by atoms with Crippen molar-refractivity contribution in [3.63, 3.8) is 0 Å². The Balaban J connectivity index is 2.33. The third-order valence-corrected chi connectivity index (χ3v) is 1.81. The summed E-state index contributed by atoms with van der Waals surface area (Å²) in [5, 5.41) is 8.66. The molecule has 0 unspecified atom stereocenters. The maximum Gasteiger partial charge on any atom is 0.156 e. The summed E-state index contributed by atoms with van der Waals surface area (Å²) in [7, 11) is 0. The monoisotopic (exact) mass is 178 g/mol. The molecule has 13 heavy (non-hydrogen) atoms. The van der Waals surface area contributed by atoms with Gasteiger partial charge in [-0.1, -0.05) is 19.8 Å². The van der Waals surface area contributed by atoms with E-state index < -0.39 is 0 Å². The van der Waals surface area contributed by atoms with Crippen molar-refractivity contribution in [1.29, 1.82) is 5.26 Å². The fourth-order valence-corrected chi connectivity index (χ4v) is 1.08. The highest BCUT2D eigenvalue weighted by molar-refractivity contribution is 5.20. The molecule has 0 atom stereocenters. The first-order valence-electron chi connectivity index (χ1n) is 4.59. The number of nitriles is 1. The summed E-state index contributed by atoms with van der Waals surface area (Å²) in [6.45, 7) is 2.83. The second-order valence-electron chi connectivity index (χ2n) is 2.87. The average Bonchev–Trinajstić information content (AvgIpc) is 2.60. The zero-order valence-electron chi connectivity index (χ0n) is 7.86. The van der Waals surface area contributed by atoms with E-state index in [-0.39, 0.29) is 0 Å². The third-order valence-electron chi connectivity index (χ3n) is 1.81. The van der Waals surface area contributed by atoms with Gasteiger partial charge >= 0.3 is 0 Å². The van der Waals surface area contributed by atoms with E-state index >= 15 is 0 Å². The number of rotatable bonds is 5. The second kappa shape index (κ2) is 5.26. The van der Waals surface area contributed by atoms with Crippen molar-refractivity contribution in [2.45, 2.75) is 26.2 Å². The summed E-state index contributed by atoms with van der Waals surface area (Å²) in [6, 6.07) is 5.59. The predicted molar refractivity (Wildman–Crippen MR) is 50.1 cm³/mol. The summed E-state index contributed by atoms with van der Waals surface area (Å²) >= 11 is 0. The Kier molecular flexibility index (Phi) is 3.90. The van der Waals surface area contributed by atoms with Crippen LogP contribution in [0, 0.1) is 11.3 Å². The van der Waals surface area contributed by atoms with Gasteiger partial charge in [0.1, 0.15) is 12.7 Å². The van der Waals surface area contributed by atoms with Gasteiger partial charge in [-0.15, -0.1) is 0 Å². The topological polar surface area (TPSA) is 38.0 Å². The largest absolute Gasteiger partial charge is 0.413 e. The van der Waals surface area contributed by atoms with Gasteiger partial charge in [0.05, 0.1) is 0 Å². The van der Waals surface area contributed by atoms with Crippen LogP contribution in [0.25, 0.3) is 0 Å². The molecule has 1 heterocycles. The van der Waals surface area contributed by atoms with Crippen molar-refractivity contribution in [2.75, 3.05) is 6.61 Å². The second-order valence-corrected chi connectivity index (χ2v) is 2.87. The summed E-state index contributed by atoms with van der Waals surface area (Å²) in [4.78, 5) is 5.36. The van der Waals surface area contributed by atoms with Crippen LogP contribution in [0.5, 0.6) is 0 Å². The molecule has 0 fully saturated rings. The van der Waals surface area contributed by atoms with Gasteiger partial charge in [-0.05, 0) is 18.6 Å². The molecule has 0 spiro atoms. The van der Waals surface area contributed by atoms with E-state index in [0.29, 0.717) is 12.3 Å². The lowest BCUT2D eigenvalue weighted by Crippen LogP contribution is -2.13. The number of nitrogens with zero attached hydrogens (tertiary/aromatic N) is 2. The SMILES string of the molecule is CCCCCOn1cccc1C#N. The molecule has 3 heteroatoms. The zero-order chi connectivity index (χ0) is 9.52. The highest BCUT2D eigenvalue weighted by Crippen LogP contribution is 1.98. The van der Waals surface area contributed by atoms with Gasteiger partial charge in [-0.3, -0.25) is 0 Å². The van der Waals surface area contributed by atoms with E-state index in [1.165, 1.54) is 17.6 Å². The molecular weight excluding hydrogens is 164 g/mol. The van der Waals surface area contributed by atoms with Crippen molar-refractivity contribution < 1.29 is 4.84 Å². The standard InChI is InChI=1S/C10H14N2O/c1-2-3-4-8-13-12-7-5-6-10(12)9-11/h5-7H,2-4,8H2,1H3. The molecule has 0 saturated carbocycles. The van der Waals surface area contributed by atoms with Crippen molar-refractivity contribution in [3.05, 3.63) is 24.0 Å². The molecule has 0 aliphatic heterocycles. The normalized spacial score (nSPS) is 9.54. The van der Waals surface area contributed by atoms with Crippen LogP contribution in [0.4, 0.5) is 0 Å². The van der Waals surface area contributed by atoms with E-state index in [1.807, 2.05) is 0 Å². The van der Waals surface area contributed by atoms with Gasteiger partial charge in [0.25, 0.3) is 0 Å². The fraction of sp³-hybridized carbons (Fsp3) is 0.500. The van der Waals surface area contributed by atoms with E-state index in [2.05, 4.69) is 13.0 Å². The van der Waals surface area contributed by atoms with Crippen LogP contribution in [-0.4, -0.2) is 11.3 Å². The molecule has 1 aromatic rings. The minimum Gasteiger partial charge on any atom is -0.413 e. The quantitative estimate of drug-likeness (QED) is 0.646. The predicted octanol–water partition coefficient (Wildman–Crippen LogP) is 1.98. The van der Waals surface area contributed by atoms with E-state index in [0.717, 1.165) is 6.42 Å². The smallest absolute Gasteiger partial charge is 0.156 e. The van der Waals surface area contributed by atoms with Crippen LogP contribution in [-0.2, 0) is 0 Å². The summed E-state index contributed by atoms with van der Waals surface area (Å²) < 4.78 is 1.52. The third kappa shape index (κ3) is 2.83. The first-order valence-corrected chi connectivity index (χ1v) is 4.59. The molecule has 0 aliphatic rings. The minimum absolute atomic E-state index is 0.552. The Bertz CT molecular complexity index is 285. The lowest BCUT2D eigenvalue weighted by Gasteiger charge is -2.06. The van der Waals surface area contributed by atoms with Crippen LogP contribution in [0.1, 0.15) is 31.9 Å². The molecule has 0 amide bonds. The molecule has 0 aliphatic carbocycles. The van der Waals surface area contributed by atoms with Crippen molar-refractivity contribution in [3.8, 4) is 6.07 Å². The Hall–Kier alpha value is -1.43. The molecule has 0 saturated heterocycles. The van der Waals surface area contributed by atoms with Gasteiger partial charge in [-0.25, -0.2) is 0 Å². The van der Waals surface area contributed by atoms with Gasteiger partial charge in [0.2, 0.25) is 0 Å². The lowest BCUT2D eigenvalue weighted by atomic mass is 10.3. The van der Waals surface area contributed by atoms with E-state index in [4.69, 9.17) is 10.1 Å². The Labute approximate surface area is 78.5 Å². The first kappa shape index (κ1) is 9.66. The molecule has 1 aromatic heterocycles. The van der Waals surface area contributed by atoms with Crippen LogP contribution < -0.4 is 4.84 Å². The highest BCUT2D eigenvalue weighted by atomic mass is 16.7. The van der Waals surface area contributed by atoms with Gasteiger partial charge < -0.3 is 4.84 Å². The van der Waals surface area contributed by atoms with Crippen molar-refractivity contribution in [1.82, 2.24) is 4.73 Å². The Morgan fingerprint density at radius 1 is 1.54 bits per heavy atom. The van der Waals surface area contributed by atoms with Gasteiger partial charge in [-0.2, -0.15) is 9.99 Å². The molecule has 70 valence electrons. The Morgan fingerprint density at radius 2 is 2.38 bits per heavy atom. The number of unbranched alkanes of at least 4 members (excludes halogenated alkanes) is 2. The summed E-state index contributed by atoms with van der Waals surface area (Å²) in [5.41, 5.74) is 0.552. The first-order chi connectivity index (χ1) is 6.38. The molecule has 3 nitrogen and oxygen atoms in total. The minimum atomic E-state index is 0.552. The average molecular weight is 178 g/mol. The molecule has 0 radical (unpaired) electrons. The maximum atomic E-state index is 8.66.